The maximum atomic E-state index is 12.9. The van der Waals surface area contributed by atoms with Gasteiger partial charge in [0.15, 0.2) is 0 Å². The van der Waals surface area contributed by atoms with E-state index in [-0.39, 0.29) is 12.5 Å². The predicted molar refractivity (Wildman–Crippen MR) is 140 cm³/mol. The monoisotopic (exact) mass is 497 g/mol. The minimum Gasteiger partial charge on any atom is -0.481 e. The molecule has 2 aromatic carbocycles. The number of hydrogen-bond donors (Lipinski definition) is 2. The van der Waals surface area contributed by atoms with Crippen LogP contribution in [0.4, 0.5) is 10.5 Å². The smallest absolute Gasteiger partial charge is 0.411 e. The topological polar surface area (TPSA) is 102 Å². The van der Waals surface area contributed by atoms with E-state index >= 15 is 0 Å². The lowest BCUT2D eigenvalue weighted by atomic mass is 9.82. The van der Waals surface area contributed by atoms with Gasteiger partial charge in [0.05, 0.1) is 11.8 Å². The summed E-state index contributed by atoms with van der Waals surface area (Å²) < 4.78 is 10.8. The first-order valence-corrected chi connectivity index (χ1v) is 12.5. The zero-order chi connectivity index (χ0) is 26.7. The number of carbonyl (C=O) groups is 3. The summed E-state index contributed by atoms with van der Waals surface area (Å²) in [6, 6.07) is 16.8. The van der Waals surface area contributed by atoms with Gasteiger partial charge in [-0.3, -0.25) is 14.9 Å². The number of aryl methyl sites for hydroxylation is 1. The molecular formula is C29H39NO6. The fourth-order valence-electron chi connectivity index (χ4n) is 3.96. The molecule has 0 aliphatic carbocycles. The molecule has 0 aliphatic heterocycles. The van der Waals surface area contributed by atoms with E-state index in [1.165, 1.54) is 0 Å². The normalized spacial score (nSPS) is 13.1. The quantitative estimate of drug-likeness (QED) is 0.326. The highest BCUT2D eigenvalue weighted by atomic mass is 16.6. The molecule has 2 rings (SSSR count). The second-order valence-electron chi connectivity index (χ2n) is 10.5. The average molecular weight is 498 g/mol. The van der Waals surface area contributed by atoms with Crippen LogP contribution in [0.1, 0.15) is 65.0 Å². The van der Waals surface area contributed by atoms with Gasteiger partial charge in [-0.25, -0.2) is 4.79 Å². The van der Waals surface area contributed by atoms with Crippen molar-refractivity contribution >= 4 is 23.7 Å². The number of amides is 1. The van der Waals surface area contributed by atoms with Crippen LogP contribution in [0, 0.1) is 17.8 Å². The standard InChI is InChI=1S/C29H39NO6/c1-20(2)18-25(26(31)32)24(27(33)36-29(3,4)5)13-9-12-21-14-16-23(17-15-21)30-28(34)35-19-22-10-7-6-8-11-22/h6-8,10-11,14-17,20,24-25H,9,12-13,18-19H2,1-5H3,(H,30,34)(H,31,32)/t24?,25-/m1/s1. The second-order valence-corrected chi connectivity index (χ2v) is 10.5. The Labute approximate surface area is 214 Å². The summed E-state index contributed by atoms with van der Waals surface area (Å²) in [5.41, 5.74) is 1.87. The van der Waals surface area contributed by atoms with E-state index in [0.29, 0.717) is 31.4 Å². The van der Waals surface area contributed by atoms with E-state index in [1.54, 1.807) is 32.9 Å². The fourth-order valence-corrected chi connectivity index (χ4v) is 3.96. The number of carbonyl (C=O) groups excluding carboxylic acids is 2. The van der Waals surface area contributed by atoms with Crippen LogP contribution in [-0.2, 0) is 32.1 Å². The van der Waals surface area contributed by atoms with Crippen LogP contribution >= 0.6 is 0 Å². The van der Waals surface area contributed by atoms with Gasteiger partial charge in [0.2, 0.25) is 0 Å². The van der Waals surface area contributed by atoms with E-state index in [4.69, 9.17) is 9.47 Å². The molecule has 2 atom stereocenters. The minimum absolute atomic E-state index is 0.149. The highest BCUT2D eigenvalue weighted by Gasteiger charge is 2.36. The van der Waals surface area contributed by atoms with Crippen LogP contribution in [0.15, 0.2) is 54.6 Å². The molecule has 0 radical (unpaired) electrons. The molecule has 7 heteroatoms. The van der Waals surface area contributed by atoms with Crippen LogP contribution in [0.5, 0.6) is 0 Å². The second kappa shape index (κ2) is 13.7. The van der Waals surface area contributed by atoms with E-state index in [1.807, 2.05) is 56.3 Å². The lowest BCUT2D eigenvalue weighted by molar-refractivity contribution is -0.167. The van der Waals surface area contributed by atoms with Crippen molar-refractivity contribution < 1.29 is 29.0 Å². The number of ether oxygens (including phenoxy) is 2. The van der Waals surface area contributed by atoms with Crippen molar-refractivity contribution in [3.05, 3.63) is 65.7 Å². The van der Waals surface area contributed by atoms with Crippen LogP contribution in [0.2, 0.25) is 0 Å². The number of esters is 1. The van der Waals surface area contributed by atoms with Crippen molar-refractivity contribution in [1.82, 2.24) is 0 Å². The van der Waals surface area contributed by atoms with E-state index in [2.05, 4.69) is 5.32 Å². The first-order valence-electron chi connectivity index (χ1n) is 12.5. The molecule has 1 unspecified atom stereocenters. The van der Waals surface area contributed by atoms with Gasteiger partial charge in [0.1, 0.15) is 12.2 Å². The van der Waals surface area contributed by atoms with Crippen LogP contribution < -0.4 is 5.32 Å². The number of nitrogens with one attached hydrogen (secondary N) is 1. The number of anilines is 1. The predicted octanol–water partition coefficient (Wildman–Crippen LogP) is 6.46. The first-order chi connectivity index (χ1) is 16.9. The minimum atomic E-state index is -0.964. The molecule has 196 valence electrons. The number of benzene rings is 2. The first kappa shape index (κ1) is 28.9. The van der Waals surface area contributed by atoms with Gasteiger partial charge >= 0.3 is 18.0 Å². The fraction of sp³-hybridized carbons (Fsp3) is 0.483. The Kier molecular flexibility index (Phi) is 11.0. The highest BCUT2D eigenvalue weighted by molar-refractivity contribution is 5.84. The Morgan fingerprint density at radius 1 is 0.917 bits per heavy atom. The Hall–Kier alpha value is -3.35. The summed E-state index contributed by atoms with van der Waals surface area (Å²) >= 11 is 0. The SMILES string of the molecule is CC(C)C[C@@H](C(=O)O)C(CCCc1ccc(NC(=O)OCc2ccccc2)cc1)C(=O)OC(C)(C)C. The number of rotatable bonds is 12. The number of carboxylic acids is 1. The lowest BCUT2D eigenvalue weighted by Crippen LogP contribution is -2.36. The van der Waals surface area contributed by atoms with E-state index in [9.17, 15) is 19.5 Å². The van der Waals surface area contributed by atoms with E-state index < -0.39 is 35.5 Å². The van der Waals surface area contributed by atoms with Gasteiger partial charge in [-0.15, -0.1) is 0 Å². The molecule has 2 aromatic rings. The lowest BCUT2D eigenvalue weighted by Gasteiger charge is -2.28. The Balaban J connectivity index is 1.93. The summed E-state index contributed by atoms with van der Waals surface area (Å²) in [6.45, 7) is 9.45. The highest BCUT2D eigenvalue weighted by Crippen LogP contribution is 2.29. The molecule has 0 saturated heterocycles. The molecular weight excluding hydrogens is 458 g/mol. The van der Waals surface area contributed by atoms with Crippen molar-refractivity contribution in [3.8, 4) is 0 Å². The summed E-state index contributed by atoms with van der Waals surface area (Å²) in [5.74, 6) is -2.76. The largest absolute Gasteiger partial charge is 0.481 e. The molecule has 0 saturated carbocycles. The molecule has 0 heterocycles. The molecule has 0 aromatic heterocycles. The summed E-state index contributed by atoms with van der Waals surface area (Å²) in [4.78, 5) is 36.9. The third kappa shape index (κ3) is 10.5. The van der Waals surface area contributed by atoms with Gasteiger partial charge in [0, 0.05) is 5.69 Å². The van der Waals surface area contributed by atoms with Crippen molar-refractivity contribution in [2.24, 2.45) is 17.8 Å². The van der Waals surface area contributed by atoms with Crippen molar-refractivity contribution in [2.45, 2.75) is 72.5 Å². The van der Waals surface area contributed by atoms with Gasteiger partial charge in [-0.2, -0.15) is 0 Å². The molecule has 0 aliphatic rings. The Morgan fingerprint density at radius 2 is 1.56 bits per heavy atom. The Morgan fingerprint density at radius 3 is 2.11 bits per heavy atom. The third-order valence-corrected chi connectivity index (χ3v) is 5.63. The Bertz CT molecular complexity index is 979. The third-order valence-electron chi connectivity index (χ3n) is 5.63. The van der Waals surface area contributed by atoms with Crippen LogP contribution in [0.25, 0.3) is 0 Å². The molecule has 0 fully saturated rings. The van der Waals surface area contributed by atoms with Gasteiger partial charge in [0.25, 0.3) is 0 Å². The molecule has 0 spiro atoms. The molecule has 0 bridgehead atoms. The number of carboxylic acid groups (broad SMARTS) is 1. The molecule has 36 heavy (non-hydrogen) atoms. The average Bonchev–Trinajstić information content (AvgIpc) is 2.79. The van der Waals surface area contributed by atoms with Crippen molar-refractivity contribution in [3.63, 3.8) is 0 Å². The summed E-state index contributed by atoms with van der Waals surface area (Å²) in [7, 11) is 0. The molecule has 1 amide bonds. The van der Waals surface area contributed by atoms with Gasteiger partial charge in [-0.05, 0) is 75.6 Å². The molecule has 2 N–H and O–H groups in total. The van der Waals surface area contributed by atoms with Crippen molar-refractivity contribution in [1.29, 1.82) is 0 Å². The zero-order valence-electron chi connectivity index (χ0n) is 22.0. The maximum absolute atomic E-state index is 12.9. The number of hydrogen-bond acceptors (Lipinski definition) is 5. The zero-order valence-corrected chi connectivity index (χ0v) is 22.0. The van der Waals surface area contributed by atoms with Gasteiger partial charge in [-0.1, -0.05) is 56.3 Å². The van der Waals surface area contributed by atoms with Gasteiger partial charge < -0.3 is 14.6 Å². The van der Waals surface area contributed by atoms with Crippen LogP contribution in [-0.4, -0.2) is 28.7 Å². The van der Waals surface area contributed by atoms with E-state index in [0.717, 1.165) is 11.1 Å². The number of aliphatic carboxylic acids is 1. The summed E-state index contributed by atoms with van der Waals surface area (Å²) in [6.07, 6.45) is 1.62. The van der Waals surface area contributed by atoms with Crippen LogP contribution in [0.3, 0.4) is 0 Å². The molecule has 7 nitrogen and oxygen atoms in total. The maximum Gasteiger partial charge on any atom is 0.411 e. The summed E-state index contributed by atoms with van der Waals surface area (Å²) in [5, 5.41) is 12.5. The van der Waals surface area contributed by atoms with Crippen molar-refractivity contribution in [2.75, 3.05) is 5.32 Å².